The van der Waals surface area contributed by atoms with E-state index in [2.05, 4.69) is 0 Å². The lowest BCUT2D eigenvalue weighted by molar-refractivity contribution is -0.133. The number of amides is 1. The van der Waals surface area contributed by atoms with Gasteiger partial charge in [0.25, 0.3) is 0 Å². The van der Waals surface area contributed by atoms with Gasteiger partial charge < -0.3 is 14.7 Å². The fourth-order valence-corrected chi connectivity index (χ4v) is 2.84. The molecule has 1 aromatic carbocycles. The zero-order valence-electron chi connectivity index (χ0n) is 12.8. The Bertz CT molecular complexity index is 441. The van der Waals surface area contributed by atoms with Gasteiger partial charge in [-0.05, 0) is 31.4 Å². The lowest BCUT2D eigenvalue weighted by Crippen LogP contribution is -2.42. The normalized spacial score (nSPS) is 16.7. The summed E-state index contributed by atoms with van der Waals surface area (Å²) in [6.07, 6.45) is 4.88. The van der Waals surface area contributed by atoms with Crippen LogP contribution in [0.5, 0.6) is 5.75 Å². The van der Waals surface area contributed by atoms with E-state index in [1.54, 1.807) is 11.9 Å². The van der Waals surface area contributed by atoms with Crippen molar-refractivity contribution in [1.82, 2.24) is 4.90 Å². The Hall–Kier alpha value is -1.55. The average molecular weight is 291 g/mol. The Balaban J connectivity index is 1.64. The molecule has 1 aromatic rings. The van der Waals surface area contributed by atoms with Crippen LogP contribution in [0.25, 0.3) is 0 Å². The fourth-order valence-electron chi connectivity index (χ4n) is 2.84. The van der Waals surface area contributed by atoms with Gasteiger partial charge in [-0.3, -0.25) is 4.79 Å². The predicted molar refractivity (Wildman–Crippen MR) is 82.2 cm³/mol. The second kappa shape index (κ2) is 7.46. The Morgan fingerprint density at radius 3 is 2.62 bits per heavy atom. The topological polar surface area (TPSA) is 49.8 Å². The smallest absolute Gasteiger partial charge is 0.222 e. The molecule has 1 aliphatic carbocycles. The number of hydrogen-bond acceptors (Lipinski definition) is 3. The van der Waals surface area contributed by atoms with E-state index < -0.39 is 5.60 Å². The fraction of sp³-hybridized carbons (Fsp3) is 0.588. The molecule has 0 bridgehead atoms. The molecule has 0 atom stereocenters. The van der Waals surface area contributed by atoms with Crippen molar-refractivity contribution in [2.75, 3.05) is 20.2 Å². The molecule has 0 spiro atoms. The predicted octanol–water partition coefficient (Wildman–Crippen LogP) is 2.61. The minimum absolute atomic E-state index is 0.0759. The van der Waals surface area contributed by atoms with Gasteiger partial charge in [0.2, 0.25) is 5.91 Å². The number of rotatable bonds is 7. The van der Waals surface area contributed by atoms with Gasteiger partial charge in [-0.25, -0.2) is 0 Å². The van der Waals surface area contributed by atoms with Crippen LogP contribution in [-0.2, 0) is 4.79 Å². The Kier molecular flexibility index (Phi) is 5.62. The third-order valence-electron chi connectivity index (χ3n) is 4.04. The summed E-state index contributed by atoms with van der Waals surface area (Å²) >= 11 is 0. The summed E-state index contributed by atoms with van der Waals surface area (Å²) in [5.74, 6) is 0.908. The van der Waals surface area contributed by atoms with Crippen molar-refractivity contribution in [3.63, 3.8) is 0 Å². The molecule has 0 aromatic heterocycles. The molecular weight excluding hydrogens is 266 g/mol. The minimum atomic E-state index is -0.662. The molecule has 1 N–H and O–H groups in total. The summed E-state index contributed by atoms with van der Waals surface area (Å²) in [5.41, 5.74) is -0.662. The Morgan fingerprint density at radius 2 is 1.95 bits per heavy atom. The van der Waals surface area contributed by atoms with Crippen molar-refractivity contribution in [3.05, 3.63) is 30.3 Å². The molecule has 0 aliphatic heterocycles. The minimum Gasteiger partial charge on any atom is -0.494 e. The number of carbonyl (C=O) groups excluding carboxylic acids is 1. The Morgan fingerprint density at radius 1 is 1.29 bits per heavy atom. The molecule has 0 radical (unpaired) electrons. The molecule has 21 heavy (non-hydrogen) atoms. The van der Waals surface area contributed by atoms with Crippen molar-refractivity contribution in [3.8, 4) is 5.75 Å². The summed E-state index contributed by atoms with van der Waals surface area (Å²) in [6.45, 7) is 0.985. The van der Waals surface area contributed by atoms with E-state index in [0.717, 1.165) is 31.4 Å². The van der Waals surface area contributed by atoms with E-state index in [1.807, 2.05) is 30.3 Å². The summed E-state index contributed by atoms with van der Waals surface area (Å²) in [4.78, 5) is 13.7. The number of benzene rings is 1. The summed E-state index contributed by atoms with van der Waals surface area (Å²) < 4.78 is 5.57. The lowest BCUT2D eigenvalue weighted by Gasteiger charge is -2.28. The number of aliphatic hydroxyl groups is 1. The highest BCUT2D eigenvalue weighted by atomic mass is 16.5. The first-order chi connectivity index (χ1) is 10.1. The number of hydrogen-bond donors (Lipinski definition) is 1. The van der Waals surface area contributed by atoms with Crippen LogP contribution in [0.15, 0.2) is 30.3 Å². The van der Waals surface area contributed by atoms with Gasteiger partial charge >= 0.3 is 0 Å². The standard InChI is InChI=1S/C17H25NO3/c1-18(14-17(20)11-5-6-12-17)16(19)10-7-13-21-15-8-3-2-4-9-15/h2-4,8-9,20H,5-7,10-14H2,1H3. The highest BCUT2D eigenvalue weighted by Gasteiger charge is 2.33. The molecule has 2 rings (SSSR count). The highest BCUT2D eigenvalue weighted by Crippen LogP contribution is 2.30. The molecule has 1 fully saturated rings. The van der Waals surface area contributed by atoms with E-state index in [0.29, 0.717) is 26.0 Å². The van der Waals surface area contributed by atoms with Crippen molar-refractivity contribution < 1.29 is 14.6 Å². The molecule has 0 saturated heterocycles. The quantitative estimate of drug-likeness (QED) is 0.786. The van der Waals surface area contributed by atoms with Crippen LogP contribution in [0.3, 0.4) is 0 Å². The maximum Gasteiger partial charge on any atom is 0.222 e. The van der Waals surface area contributed by atoms with Crippen LogP contribution in [0, 0.1) is 0 Å². The average Bonchev–Trinajstić information content (AvgIpc) is 2.90. The van der Waals surface area contributed by atoms with Gasteiger partial charge in [0.15, 0.2) is 0 Å². The van der Waals surface area contributed by atoms with Gasteiger partial charge in [0.05, 0.1) is 12.2 Å². The molecule has 1 aliphatic rings. The van der Waals surface area contributed by atoms with Crippen LogP contribution >= 0.6 is 0 Å². The second-order valence-electron chi connectivity index (χ2n) is 5.95. The molecule has 4 nitrogen and oxygen atoms in total. The first kappa shape index (κ1) is 15.8. The molecule has 1 amide bonds. The van der Waals surface area contributed by atoms with Crippen molar-refractivity contribution in [2.24, 2.45) is 0 Å². The lowest BCUT2D eigenvalue weighted by atomic mass is 10.0. The van der Waals surface area contributed by atoms with Crippen LogP contribution in [0.2, 0.25) is 0 Å². The maximum atomic E-state index is 12.0. The van der Waals surface area contributed by atoms with E-state index >= 15 is 0 Å². The van der Waals surface area contributed by atoms with Crippen molar-refractivity contribution >= 4 is 5.91 Å². The van der Waals surface area contributed by atoms with Crippen LogP contribution < -0.4 is 4.74 Å². The molecule has 0 unspecified atom stereocenters. The number of ether oxygens (including phenoxy) is 1. The van der Waals surface area contributed by atoms with Gasteiger partial charge in [0, 0.05) is 20.0 Å². The van der Waals surface area contributed by atoms with Crippen LogP contribution in [0.1, 0.15) is 38.5 Å². The number of nitrogens with zero attached hydrogens (tertiary/aromatic N) is 1. The second-order valence-corrected chi connectivity index (χ2v) is 5.95. The first-order valence-electron chi connectivity index (χ1n) is 7.73. The number of para-hydroxylation sites is 1. The molecular formula is C17H25NO3. The zero-order chi connectivity index (χ0) is 15.1. The van der Waals surface area contributed by atoms with E-state index in [9.17, 15) is 9.90 Å². The Labute approximate surface area is 126 Å². The van der Waals surface area contributed by atoms with Crippen LogP contribution in [-0.4, -0.2) is 41.7 Å². The summed E-state index contributed by atoms with van der Waals surface area (Å²) in [6, 6.07) is 9.61. The third-order valence-corrected chi connectivity index (χ3v) is 4.04. The molecule has 4 heteroatoms. The van der Waals surface area contributed by atoms with E-state index in [4.69, 9.17) is 4.74 Å². The monoisotopic (exact) mass is 291 g/mol. The highest BCUT2D eigenvalue weighted by molar-refractivity contribution is 5.75. The van der Waals surface area contributed by atoms with Gasteiger partial charge in [-0.2, -0.15) is 0 Å². The van der Waals surface area contributed by atoms with Crippen molar-refractivity contribution in [2.45, 2.75) is 44.1 Å². The van der Waals surface area contributed by atoms with Gasteiger partial charge in [-0.1, -0.05) is 31.0 Å². The van der Waals surface area contributed by atoms with Gasteiger partial charge in [0.1, 0.15) is 5.75 Å². The summed E-state index contributed by atoms with van der Waals surface area (Å²) in [5, 5.41) is 10.3. The molecule has 1 saturated carbocycles. The van der Waals surface area contributed by atoms with E-state index in [1.165, 1.54) is 0 Å². The SMILES string of the molecule is CN(CC1(O)CCCC1)C(=O)CCCOc1ccccc1. The third kappa shape index (κ3) is 5.05. The van der Waals surface area contributed by atoms with Crippen LogP contribution in [0.4, 0.5) is 0 Å². The number of likely N-dealkylation sites (N-methyl/N-ethyl adjacent to an activating group) is 1. The zero-order valence-corrected chi connectivity index (χ0v) is 12.8. The largest absolute Gasteiger partial charge is 0.494 e. The van der Waals surface area contributed by atoms with Crippen molar-refractivity contribution in [1.29, 1.82) is 0 Å². The number of carbonyl (C=O) groups is 1. The molecule has 116 valence electrons. The summed E-state index contributed by atoms with van der Waals surface area (Å²) in [7, 11) is 1.77. The first-order valence-corrected chi connectivity index (χ1v) is 7.73. The maximum absolute atomic E-state index is 12.0. The van der Waals surface area contributed by atoms with E-state index in [-0.39, 0.29) is 5.91 Å². The van der Waals surface area contributed by atoms with Gasteiger partial charge in [-0.15, -0.1) is 0 Å². The molecule has 0 heterocycles.